The van der Waals surface area contributed by atoms with Gasteiger partial charge in [-0.3, -0.25) is 19.7 Å². The lowest BCUT2D eigenvalue weighted by Crippen LogP contribution is -2.46. The number of hydrogen-bond donors (Lipinski definition) is 2. The molecular formula is C28H34IN3O7Si. The van der Waals surface area contributed by atoms with Gasteiger partial charge in [-0.2, -0.15) is 0 Å². The summed E-state index contributed by atoms with van der Waals surface area (Å²) in [5.74, 6) is -1.07. The summed E-state index contributed by atoms with van der Waals surface area (Å²) in [6.45, 7) is 6.07. The van der Waals surface area contributed by atoms with Crippen molar-refractivity contribution in [3.8, 4) is 0 Å². The van der Waals surface area contributed by atoms with Gasteiger partial charge in [0.05, 0.1) is 42.3 Å². The summed E-state index contributed by atoms with van der Waals surface area (Å²) in [6, 6.07) is 11.9. The molecule has 0 saturated carbocycles. The number of carbonyl (C=O) groups is 2. The summed E-state index contributed by atoms with van der Waals surface area (Å²) < 4.78 is 7.69. The van der Waals surface area contributed by atoms with Crippen molar-refractivity contribution in [3.05, 3.63) is 67.3 Å². The fraction of sp³-hybridized carbons (Fsp3) is 0.500. The zero-order valence-electron chi connectivity index (χ0n) is 22.7. The number of carbonyl (C=O) groups excluding carboxylic acids is 2. The van der Waals surface area contributed by atoms with Crippen LogP contribution >= 0.6 is 22.6 Å². The number of nitro benzene ring substituents is 1. The molecule has 3 aliphatic rings. The number of likely N-dealkylation sites (tertiary alicyclic amines) is 1. The molecule has 2 fully saturated rings. The van der Waals surface area contributed by atoms with Gasteiger partial charge in [-0.15, -0.1) is 0 Å². The average Bonchev–Trinajstić information content (AvgIpc) is 3.54. The van der Waals surface area contributed by atoms with E-state index in [0.717, 1.165) is 22.0 Å². The molecule has 3 aliphatic heterocycles. The van der Waals surface area contributed by atoms with Gasteiger partial charge in [0.15, 0.2) is 13.9 Å². The molecule has 2 aromatic carbocycles. The van der Waals surface area contributed by atoms with Crippen LogP contribution in [-0.4, -0.2) is 65.2 Å². The van der Waals surface area contributed by atoms with E-state index in [2.05, 4.69) is 22.6 Å². The van der Waals surface area contributed by atoms with Crippen molar-refractivity contribution in [1.82, 2.24) is 4.90 Å². The van der Waals surface area contributed by atoms with Gasteiger partial charge in [-0.05, 0) is 72.3 Å². The van der Waals surface area contributed by atoms with Gasteiger partial charge in [0.2, 0.25) is 5.91 Å². The third-order valence-corrected chi connectivity index (χ3v) is 11.9. The monoisotopic (exact) mass is 679 g/mol. The maximum Gasteiger partial charge on any atom is 0.269 e. The number of nitrogens with zero attached hydrogens (tertiary/aromatic N) is 3. The van der Waals surface area contributed by atoms with Crippen molar-refractivity contribution in [3.63, 3.8) is 0 Å². The molecule has 3 heterocycles. The smallest absolute Gasteiger partial charge is 0.269 e. The molecule has 2 amide bonds. The Morgan fingerprint density at radius 3 is 2.67 bits per heavy atom. The van der Waals surface area contributed by atoms with Crippen LogP contribution in [0, 0.1) is 19.6 Å². The topological polar surface area (TPSA) is 133 Å². The van der Waals surface area contributed by atoms with Gasteiger partial charge in [-0.25, -0.2) is 0 Å². The van der Waals surface area contributed by atoms with Crippen LogP contribution in [0.2, 0.25) is 18.6 Å². The molecule has 0 radical (unpaired) electrons. The highest BCUT2D eigenvalue weighted by molar-refractivity contribution is 14.1. The Balaban J connectivity index is 1.58. The van der Waals surface area contributed by atoms with E-state index in [4.69, 9.17) is 4.74 Å². The number of amides is 2. The standard InChI is InChI=1S/C28H34IN3O7Si/c1-17-26(40(2,3)38)24(14-25(34)30-11-5-8-21(30)16-33)39-28(17)22-13-20(32(36)37)9-10-23(22)31(27(28)35)15-18-6-4-7-19(29)12-18/h4,6-7,9-10,12-13,17,21,24,26,33,38H,5,8,11,14-16H2,1-3H3/t17-,21+,24+,26-,28+/m1/s1. The third-order valence-electron chi connectivity index (χ3n) is 8.69. The lowest BCUT2D eigenvalue weighted by molar-refractivity contribution is -0.385. The first-order valence-electron chi connectivity index (χ1n) is 13.5. The Hall–Kier alpha value is -2.39. The van der Waals surface area contributed by atoms with Crippen LogP contribution < -0.4 is 4.90 Å². The van der Waals surface area contributed by atoms with Gasteiger partial charge >= 0.3 is 0 Å². The molecule has 5 atom stereocenters. The number of aliphatic hydroxyl groups is 1. The van der Waals surface area contributed by atoms with Crippen LogP contribution in [0.25, 0.3) is 0 Å². The van der Waals surface area contributed by atoms with Crippen molar-refractivity contribution in [2.45, 2.75) is 69.1 Å². The van der Waals surface area contributed by atoms with Gasteiger partial charge in [-0.1, -0.05) is 19.1 Å². The van der Waals surface area contributed by atoms with Crippen molar-refractivity contribution in [2.75, 3.05) is 18.1 Å². The number of benzene rings is 2. The van der Waals surface area contributed by atoms with Gasteiger partial charge in [0.25, 0.3) is 11.6 Å². The van der Waals surface area contributed by atoms with E-state index < -0.39 is 36.4 Å². The molecule has 1 spiro atoms. The second-order valence-electron chi connectivity index (χ2n) is 11.6. The van der Waals surface area contributed by atoms with Crippen molar-refractivity contribution >= 4 is 54.1 Å². The highest BCUT2D eigenvalue weighted by Gasteiger charge is 2.66. The lowest BCUT2D eigenvalue weighted by Gasteiger charge is -2.32. The molecule has 12 heteroatoms. The zero-order valence-corrected chi connectivity index (χ0v) is 25.9. The number of ether oxygens (including phenoxy) is 1. The highest BCUT2D eigenvalue weighted by Crippen LogP contribution is 2.60. The van der Waals surface area contributed by atoms with Crippen molar-refractivity contribution < 1.29 is 29.2 Å². The minimum Gasteiger partial charge on any atom is -0.432 e. The van der Waals surface area contributed by atoms with E-state index in [-0.39, 0.29) is 43.1 Å². The summed E-state index contributed by atoms with van der Waals surface area (Å²) in [6.07, 6.45) is 0.720. The summed E-state index contributed by atoms with van der Waals surface area (Å²) in [7, 11) is -3.02. The zero-order chi connectivity index (χ0) is 29.0. The maximum atomic E-state index is 14.5. The molecular weight excluding hydrogens is 645 g/mol. The molecule has 0 aromatic heterocycles. The van der Waals surface area contributed by atoms with E-state index in [0.29, 0.717) is 17.8 Å². The number of hydrogen-bond acceptors (Lipinski definition) is 7. The van der Waals surface area contributed by atoms with E-state index in [1.165, 1.54) is 12.1 Å². The first-order chi connectivity index (χ1) is 18.9. The number of nitro groups is 1. The quantitative estimate of drug-likeness (QED) is 0.196. The van der Waals surface area contributed by atoms with E-state index in [9.17, 15) is 29.6 Å². The minimum absolute atomic E-state index is 0.0430. The fourth-order valence-corrected chi connectivity index (χ4v) is 10.2. The second kappa shape index (κ2) is 10.8. The average molecular weight is 680 g/mol. The Labute approximate surface area is 247 Å². The summed E-state index contributed by atoms with van der Waals surface area (Å²) in [4.78, 5) is 53.9. The van der Waals surface area contributed by atoms with Crippen LogP contribution in [0.1, 0.15) is 37.3 Å². The molecule has 0 bridgehead atoms. The number of anilines is 1. The fourth-order valence-electron chi connectivity index (χ4n) is 7.00. The first-order valence-corrected chi connectivity index (χ1v) is 17.6. The molecule has 0 unspecified atom stereocenters. The molecule has 2 N–H and O–H groups in total. The molecule has 40 heavy (non-hydrogen) atoms. The molecule has 10 nitrogen and oxygen atoms in total. The summed E-state index contributed by atoms with van der Waals surface area (Å²) in [5.41, 5.74) is -0.386. The molecule has 2 saturated heterocycles. The number of halogens is 1. The van der Waals surface area contributed by atoms with E-state index in [1.54, 1.807) is 29.0 Å². The predicted molar refractivity (Wildman–Crippen MR) is 159 cm³/mol. The number of fused-ring (bicyclic) bond motifs is 2. The van der Waals surface area contributed by atoms with Crippen LogP contribution in [0.4, 0.5) is 11.4 Å². The van der Waals surface area contributed by atoms with Gasteiger partial charge in [0.1, 0.15) is 0 Å². The molecule has 0 aliphatic carbocycles. The number of rotatable bonds is 7. The number of aliphatic hydroxyl groups excluding tert-OH is 1. The summed E-state index contributed by atoms with van der Waals surface area (Å²) >= 11 is 2.21. The Kier molecular flexibility index (Phi) is 7.85. The maximum absolute atomic E-state index is 14.5. The Morgan fingerprint density at radius 1 is 1.27 bits per heavy atom. The Morgan fingerprint density at radius 2 is 2.02 bits per heavy atom. The van der Waals surface area contributed by atoms with Crippen LogP contribution in [0.15, 0.2) is 42.5 Å². The first kappa shape index (κ1) is 29.1. The van der Waals surface area contributed by atoms with E-state index >= 15 is 0 Å². The third kappa shape index (κ3) is 4.87. The summed E-state index contributed by atoms with van der Waals surface area (Å²) in [5, 5.41) is 21.5. The van der Waals surface area contributed by atoms with Gasteiger partial charge < -0.3 is 24.4 Å². The Bertz CT molecular complexity index is 1350. The van der Waals surface area contributed by atoms with Crippen molar-refractivity contribution in [2.24, 2.45) is 5.92 Å². The second-order valence-corrected chi connectivity index (χ2v) is 16.8. The molecule has 214 valence electrons. The number of non-ortho nitro benzene ring substituents is 1. The SMILES string of the molecule is C[C@@H]1[C@@H]([Si](C)(C)O)[C@H](CC(=O)N2CCC[C@H]2CO)O[C@@]12C(=O)N(Cc1cccc(I)c1)c1ccc([N+](=O)[O-])cc12. The predicted octanol–water partition coefficient (Wildman–Crippen LogP) is 3.92. The van der Waals surface area contributed by atoms with Crippen LogP contribution in [0.3, 0.4) is 0 Å². The van der Waals surface area contributed by atoms with Crippen LogP contribution in [0.5, 0.6) is 0 Å². The van der Waals surface area contributed by atoms with Crippen molar-refractivity contribution in [1.29, 1.82) is 0 Å². The normalized spacial score (nSPS) is 28.0. The van der Waals surface area contributed by atoms with Crippen LogP contribution in [-0.2, 0) is 26.5 Å². The van der Waals surface area contributed by atoms with Gasteiger partial charge in [0, 0.05) is 39.3 Å². The van der Waals surface area contributed by atoms with E-state index in [1.807, 2.05) is 31.2 Å². The molecule has 2 aromatic rings. The lowest BCUT2D eigenvalue weighted by atomic mass is 9.82. The molecule has 5 rings (SSSR count). The highest BCUT2D eigenvalue weighted by atomic mass is 127. The largest absolute Gasteiger partial charge is 0.432 e. The minimum atomic E-state index is -3.02.